The number of rotatable bonds is 5. The number of carbonyl (C=O) groups is 1. The number of aryl methyl sites for hydroxylation is 1. The number of halogens is 1. The molecule has 0 amide bonds. The predicted molar refractivity (Wildman–Crippen MR) is 92.3 cm³/mol. The minimum absolute atomic E-state index is 0.139. The van der Waals surface area contributed by atoms with Crippen LogP contribution in [-0.4, -0.2) is 28.6 Å². The number of carbonyl (C=O) groups excluding carboxylic acids is 1. The molecule has 6 heteroatoms. The van der Waals surface area contributed by atoms with Crippen molar-refractivity contribution < 1.29 is 13.9 Å². The Morgan fingerprint density at radius 1 is 1.21 bits per heavy atom. The first-order chi connectivity index (χ1) is 11.6. The van der Waals surface area contributed by atoms with Crippen LogP contribution in [0.25, 0.3) is 10.9 Å². The highest BCUT2D eigenvalue weighted by Crippen LogP contribution is 2.27. The molecule has 0 saturated carbocycles. The van der Waals surface area contributed by atoms with Gasteiger partial charge in [0, 0.05) is 5.39 Å². The molecule has 0 N–H and O–H groups in total. The standard InChI is InChI=1S/C18H15FN2O2S/c1-11-20-15-6-4-3-5-13(15)18(21-11)24-10-16(22)14-9-12(19)7-8-17(14)23-2/h3-9H,10H2,1-2H3. The number of methoxy groups -OCH3 is 1. The largest absolute Gasteiger partial charge is 0.496 e. The summed E-state index contributed by atoms with van der Waals surface area (Å²) in [6, 6.07) is 11.6. The monoisotopic (exact) mass is 342 g/mol. The molecule has 122 valence electrons. The molecule has 0 atom stereocenters. The first-order valence-corrected chi connectivity index (χ1v) is 8.30. The molecule has 1 aromatic heterocycles. The van der Waals surface area contributed by atoms with Crippen LogP contribution in [0.4, 0.5) is 4.39 Å². The lowest BCUT2D eigenvalue weighted by molar-refractivity contribution is 0.101. The lowest BCUT2D eigenvalue weighted by Gasteiger charge is -2.09. The van der Waals surface area contributed by atoms with Crippen molar-refractivity contribution in [2.24, 2.45) is 0 Å². The van der Waals surface area contributed by atoms with Gasteiger partial charge in [0.1, 0.15) is 22.4 Å². The van der Waals surface area contributed by atoms with E-state index in [2.05, 4.69) is 9.97 Å². The molecule has 0 aliphatic rings. The van der Waals surface area contributed by atoms with Crippen LogP contribution < -0.4 is 4.74 Å². The average molecular weight is 342 g/mol. The van der Waals surface area contributed by atoms with Gasteiger partial charge in [0.15, 0.2) is 5.78 Å². The zero-order valence-corrected chi connectivity index (χ0v) is 14.1. The van der Waals surface area contributed by atoms with Gasteiger partial charge < -0.3 is 4.74 Å². The summed E-state index contributed by atoms with van der Waals surface area (Å²) >= 11 is 1.31. The minimum atomic E-state index is -0.465. The Balaban J connectivity index is 1.86. The molecule has 2 aromatic carbocycles. The smallest absolute Gasteiger partial charge is 0.176 e. The molecule has 0 spiro atoms. The van der Waals surface area contributed by atoms with Crippen molar-refractivity contribution in [3.8, 4) is 5.75 Å². The summed E-state index contributed by atoms with van der Waals surface area (Å²) < 4.78 is 18.6. The molecule has 3 aromatic rings. The zero-order chi connectivity index (χ0) is 17.1. The Kier molecular flexibility index (Phi) is 4.76. The SMILES string of the molecule is COc1ccc(F)cc1C(=O)CSc1nc(C)nc2ccccc12. The molecule has 4 nitrogen and oxygen atoms in total. The Morgan fingerprint density at radius 3 is 2.79 bits per heavy atom. The molecule has 0 saturated heterocycles. The molecular formula is C18H15FN2O2S. The van der Waals surface area contributed by atoms with Gasteiger partial charge in [-0.15, -0.1) is 0 Å². The van der Waals surface area contributed by atoms with E-state index in [9.17, 15) is 9.18 Å². The van der Waals surface area contributed by atoms with Crippen molar-refractivity contribution in [3.05, 3.63) is 59.7 Å². The van der Waals surface area contributed by atoms with Gasteiger partial charge in [0.2, 0.25) is 0 Å². The fourth-order valence-electron chi connectivity index (χ4n) is 2.38. The summed E-state index contributed by atoms with van der Waals surface area (Å²) in [7, 11) is 1.46. The van der Waals surface area contributed by atoms with Gasteiger partial charge in [-0.05, 0) is 31.2 Å². The van der Waals surface area contributed by atoms with E-state index in [0.29, 0.717) is 11.6 Å². The van der Waals surface area contributed by atoms with E-state index in [1.165, 1.54) is 37.1 Å². The average Bonchev–Trinajstić information content (AvgIpc) is 2.59. The molecule has 0 bridgehead atoms. The number of nitrogens with zero attached hydrogens (tertiary/aromatic N) is 2. The van der Waals surface area contributed by atoms with Crippen LogP contribution in [0.3, 0.4) is 0 Å². The van der Waals surface area contributed by atoms with Gasteiger partial charge in [0.25, 0.3) is 0 Å². The first kappa shape index (κ1) is 16.4. The second-order valence-electron chi connectivity index (χ2n) is 5.15. The Hall–Kier alpha value is -2.47. The fraction of sp³-hybridized carbons (Fsp3) is 0.167. The van der Waals surface area contributed by atoms with Gasteiger partial charge >= 0.3 is 0 Å². The Bertz CT molecular complexity index is 915. The number of fused-ring (bicyclic) bond motifs is 1. The van der Waals surface area contributed by atoms with E-state index in [4.69, 9.17) is 4.74 Å². The normalized spacial score (nSPS) is 10.8. The molecule has 0 aliphatic carbocycles. The number of ketones is 1. The highest BCUT2D eigenvalue weighted by Gasteiger charge is 2.15. The summed E-state index contributed by atoms with van der Waals surface area (Å²) in [5.41, 5.74) is 1.07. The summed E-state index contributed by atoms with van der Waals surface area (Å²) in [6.07, 6.45) is 0. The van der Waals surface area contributed by atoms with E-state index >= 15 is 0 Å². The maximum Gasteiger partial charge on any atom is 0.176 e. The third-order valence-electron chi connectivity index (χ3n) is 3.48. The van der Waals surface area contributed by atoms with Gasteiger partial charge in [-0.1, -0.05) is 30.0 Å². The van der Waals surface area contributed by atoms with E-state index in [0.717, 1.165) is 15.9 Å². The van der Waals surface area contributed by atoms with Crippen molar-refractivity contribution >= 4 is 28.4 Å². The Morgan fingerprint density at radius 2 is 2.00 bits per heavy atom. The summed E-state index contributed by atoms with van der Waals surface area (Å²) in [5, 5.41) is 1.63. The van der Waals surface area contributed by atoms with Crippen LogP contribution in [-0.2, 0) is 0 Å². The molecule has 1 heterocycles. The number of thioether (sulfide) groups is 1. The van der Waals surface area contributed by atoms with Crippen LogP contribution in [0.1, 0.15) is 16.2 Å². The lowest BCUT2D eigenvalue weighted by atomic mass is 10.1. The summed E-state index contributed by atoms with van der Waals surface area (Å²) in [6.45, 7) is 1.81. The highest BCUT2D eigenvalue weighted by molar-refractivity contribution is 8.00. The number of ether oxygens (including phenoxy) is 1. The van der Waals surface area contributed by atoms with Gasteiger partial charge in [-0.25, -0.2) is 14.4 Å². The fourth-order valence-corrected chi connectivity index (χ4v) is 3.33. The number of aromatic nitrogens is 2. The maximum absolute atomic E-state index is 13.4. The molecule has 3 rings (SSSR count). The quantitative estimate of drug-likeness (QED) is 0.398. The Labute approximate surface area is 143 Å². The molecule has 0 radical (unpaired) electrons. The van der Waals surface area contributed by atoms with Gasteiger partial charge in [-0.2, -0.15) is 0 Å². The zero-order valence-electron chi connectivity index (χ0n) is 13.2. The first-order valence-electron chi connectivity index (χ1n) is 7.31. The highest BCUT2D eigenvalue weighted by atomic mass is 32.2. The second-order valence-corrected chi connectivity index (χ2v) is 6.11. The van der Waals surface area contributed by atoms with Crippen molar-refractivity contribution in [3.63, 3.8) is 0 Å². The lowest BCUT2D eigenvalue weighted by Crippen LogP contribution is -2.06. The predicted octanol–water partition coefficient (Wildman–Crippen LogP) is 4.06. The number of hydrogen-bond acceptors (Lipinski definition) is 5. The molecule has 24 heavy (non-hydrogen) atoms. The third-order valence-corrected chi connectivity index (χ3v) is 4.47. The van der Waals surface area contributed by atoms with E-state index in [1.54, 1.807) is 0 Å². The number of Topliss-reactive ketones (excluding diaryl/α,β-unsaturated/α-hetero) is 1. The van der Waals surface area contributed by atoms with Crippen LogP contribution in [0.2, 0.25) is 0 Å². The van der Waals surface area contributed by atoms with Crippen LogP contribution >= 0.6 is 11.8 Å². The third kappa shape index (κ3) is 3.38. The van der Waals surface area contributed by atoms with Crippen LogP contribution in [0.5, 0.6) is 5.75 Å². The van der Waals surface area contributed by atoms with Crippen molar-refractivity contribution in [1.29, 1.82) is 0 Å². The van der Waals surface area contributed by atoms with Crippen molar-refractivity contribution in [2.75, 3.05) is 12.9 Å². The minimum Gasteiger partial charge on any atom is -0.496 e. The topological polar surface area (TPSA) is 52.1 Å². The molecular weight excluding hydrogens is 327 g/mol. The van der Waals surface area contributed by atoms with Crippen molar-refractivity contribution in [2.45, 2.75) is 11.9 Å². The number of para-hydroxylation sites is 1. The molecule has 0 fully saturated rings. The van der Waals surface area contributed by atoms with Gasteiger partial charge in [-0.3, -0.25) is 4.79 Å². The van der Waals surface area contributed by atoms with E-state index < -0.39 is 5.82 Å². The summed E-state index contributed by atoms with van der Waals surface area (Å²) in [5.74, 6) is 0.474. The maximum atomic E-state index is 13.4. The van der Waals surface area contributed by atoms with E-state index in [1.807, 2.05) is 31.2 Å². The van der Waals surface area contributed by atoms with Crippen LogP contribution in [0, 0.1) is 12.7 Å². The van der Waals surface area contributed by atoms with Crippen LogP contribution in [0.15, 0.2) is 47.5 Å². The summed E-state index contributed by atoms with van der Waals surface area (Å²) in [4.78, 5) is 21.3. The number of hydrogen-bond donors (Lipinski definition) is 0. The number of benzene rings is 2. The molecule has 0 unspecified atom stereocenters. The van der Waals surface area contributed by atoms with Gasteiger partial charge in [0.05, 0.1) is 23.9 Å². The van der Waals surface area contributed by atoms with E-state index in [-0.39, 0.29) is 17.1 Å². The molecule has 0 aliphatic heterocycles. The second kappa shape index (κ2) is 6.97. The van der Waals surface area contributed by atoms with Crippen molar-refractivity contribution in [1.82, 2.24) is 9.97 Å².